The molecule has 0 saturated carbocycles. The second-order valence-electron chi connectivity index (χ2n) is 6.79. The summed E-state index contributed by atoms with van der Waals surface area (Å²) in [6.07, 6.45) is 3.44. The predicted octanol–water partition coefficient (Wildman–Crippen LogP) is 4.50. The summed E-state index contributed by atoms with van der Waals surface area (Å²) >= 11 is 6.41. The van der Waals surface area contributed by atoms with Gasteiger partial charge in [-0.3, -0.25) is 9.78 Å². The topological polar surface area (TPSA) is 112 Å². The van der Waals surface area contributed by atoms with E-state index in [-0.39, 0.29) is 5.82 Å². The lowest BCUT2D eigenvalue weighted by molar-refractivity contribution is 0.0991. The van der Waals surface area contributed by atoms with Gasteiger partial charge in [0.05, 0.1) is 17.1 Å². The summed E-state index contributed by atoms with van der Waals surface area (Å²) < 4.78 is 11.3. The number of hydrogen-bond donors (Lipinski definition) is 2. The minimum absolute atomic E-state index is 0.101. The molecule has 0 atom stereocenters. The second-order valence-corrected chi connectivity index (χ2v) is 7.20. The number of halogens is 1. The molecule has 1 amide bonds. The van der Waals surface area contributed by atoms with Crippen LogP contribution in [0.15, 0.2) is 60.9 Å². The zero-order chi connectivity index (χ0) is 22.5. The highest BCUT2D eigenvalue weighted by Gasteiger charge is 2.13. The first kappa shape index (κ1) is 21.3. The number of ether oxygens (including phenoxy) is 2. The van der Waals surface area contributed by atoms with Crippen molar-refractivity contribution in [3.8, 4) is 11.5 Å². The van der Waals surface area contributed by atoms with Crippen molar-refractivity contribution in [3.63, 3.8) is 0 Å². The van der Waals surface area contributed by atoms with E-state index in [9.17, 15) is 4.79 Å². The van der Waals surface area contributed by atoms with Crippen molar-refractivity contribution in [1.29, 1.82) is 0 Å². The first-order valence-electron chi connectivity index (χ1n) is 9.86. The molecule has 2 heterocycles. The molecule has 2 aromatic heterocycles. The number of pyridine rings is 1. The molecule has 0 spiro atoms. The molecule has 0 aliphatic rings. The van der Waals surface area contributed by atoms with Crippen LogP contribution < -0.4 is 20.5 Å². The van der Waals surface area contributed by atoms with Crippen LogP contribution in [0.4, 0.5) is 11.5 Å². The van der Waals surface area contributed by atoms with Gasteiger partial charge >= 0.3 is 0 Å². The maximum Gasteiger partial charge on any atom is 0.286 e. The SMILES string of the molecule is CCOc1ccc2c(Nc3ccc(OCc4cccnc4)c(Cl)c3)nc(C(N)=O)nc2c1. The summed E-state index contributed by atoms with van der Waals surface area (Å²) in [6.45, 7) is 2.75. The second kappa shape index (κ2) is 9.49. The molecule has 0 bridgehead atoms. The summed E-state index contributed by atoms with van der Waals surface area (Å²) in [4.78, 5) is 24.3. The maximum absolute atomic E-state index is 11.7. The van der Waals surface area contributed by atoms with Crippen molar-refractivity contribution in [2.45, 2.75) is 13.5 Å². The Balaban J connectivity index is 1.60. The number of carbonyl (C=O) groups is 1. The number of carbonyl (C=O) groups excluding carboxylic acids is 1. The van der Waals surface area contributed by atoms with Crippen LogP contribution in [0.5, 0.6) is 11.5 Å². The van der Waals surface area contributed by atoms with Gasteiger partial charge in [-0.05, 0) is 43.3 Å². The third-order valence-corrected chi connectivity index (χ3v) is 4.81. The summed E-state index contributed by atoms with van der Waals surface area (Å²) in [7, 11) is 0. The molecule has 32 heavy (non-hydrogen) atoms. The van der Waals surface area contributed by atoms with E-state index < -0.39 is 5.91 Å². The highest BCUT2D eigenvalue weighted by atomic mass is 35.5. The van der Waals surface area contributed by atoms with Crippen molar-refractivity contribution in [2.75, 3.05) is 11.9 Å². The van der Waals surface area contributed by atoms with Crippen molar-refractivity contribution >= 4 is 39.9 Å². The lowest BCUT2D eigenvalue weighted by Crippen LogP contribution is -2.16. The lowest BCUT2D eigenvalue weighted by atomic mass is 10.2. The number of nitrogens with two attached hydrogens (primary N) is 1. The Morgan fingerprint density at radius 3 is 2.72 bits per heavy atom. The van der Waals surface area contributed by atoms with Crippen LogP contribution in [0.3, 0.4) is 0 Å². The molecule has 4 aromatic rings. The van der Waals surface area contributed by atoms with E-state index >= 15 is 0 Å². The molecule has 162 valence electrons. The number of benzene rings is 2. The average molecular weight is 450 g/mol. The normalized spacial score (nSPS) is 10.7. The minimum atomic E-state index is -0.728. The minimum Gasteiger partial charge on any atom is -0.494 e. The fraction of sp³-hybridized carbons (Fsp3) is 0.130. The van der Waals surface area contributed by atoms with Crippen molar-refractivity contribution < 1.29 is 14.3 Å². The van der Waals surface area contributed by atoms with E-state index in [4.69, 9.17) is 26.8 Å². The number of aromatic nitrogens is 3. The Morgan fingerprint density at radius 2 is 2.00 bits per heavy atom. The third kappa shape index (κ3) is 4.87. The molecule has 9 heteroatoms. The van der Waals surface area contributed by atoms with Crippen LogP contribution in [0.25, 0.3) is 10.9 Å². The summed E-state index contributed by atoms with van der Waals surface area (Å²) in [6, 6.07) is 14.4. The van der Waals surface area contributed by atoms with Gasteiger partial charge in [0.25, 0.3) is 5.91 Å². The van der Waals surface area contributed by atoms with Crippen molar-refractivity contribution in [1.82, 2.24) is 15.0 Å². The van der Waals surface area contributed by atoms with E-state index in [1.807, 2.05) is 31.2 Å². The van der Waals surface area contributed by atoms with E-state index in [1.54, 1.807) is 36.7 Å². The molecule has 3 N–H and O–H groups in total. The molecular formula is C23H20ClN5O3. The van der Waals surface area contributed by atoms with Gasteiger partial charge in [0.1, 0.15) is 23.9 Å². The molecule has 0 aliphatic heterocycles. The standard InChI is InChI=1S/C23H20ClN5O3/c1-2-31-16-6-7-17-19(11-16)28-23(21(25)30)29-22(17)27-15-5-8-20(18(24)10-15)32-13-14-4-3-9-26-12-14/h3-12H,2,13H2,1H3,(H2,25,30)(H,27,28,29). The largest absolute Gasteiger partial charge is 0.494 e. The Hall–Kier alpha value is -3.91. The smallest absolute Gasteiger partial charge is 0.286 e. The maximum atomic E-state index is 11.7. The molecule has 4 rings (SSSR count). The first-order chi connectivity index (χ1) is 15.5. The number of rotatable bonds is 8. The zero-order valence-corrected chi connectivity index (χ0v) is 18.0. The van der Waals surface area contributed by atoms with Gasteiger partial charge in [0.15, 0.2) is 0 Å². The molecule has 0 radical (unpaired) electrons. The quantitative estimate of drug-likeness (QED) is 0.407. The molecule has 0 saturated heterocycles. The third-order valence-electron chi connectivity index (χ3n) is 4.51. The first-order valence-corrected chi connectivity index (χ1v) is 10.2. The number of hydrogen-bond acceptors (Lipinski definition) is 7. The number of fused-ring (bicyclic) bond motifs is 1. The molecule has 0 unspecified atom stereocenters. The number of anilines is 2. The van der Waals surface area contributed by atoms with Crippen LogP contribution in [-0.4, -0.2) is 27.5 Å². The highest BCUT2D eigenvalue weighted by Crippen LogP contribution is 2.32. The van der Waals surface area contributed by atoms with Gasteiger partial charge in [-0.25, -0.2) is 9.97 Å². The molecule has 0 fully saturated rings. The van der Waals surface area contributed by atoms with Gasteiger partial charge in [0.2, 0.25) is 5.82 Å². The average Bonchev–Trinajstić information content (AvgIpc) is 2.79. The van der Waals surface area contributed by atoms with Gasteiger partial charge in [-0.15, -0.1) is 0 Å². The zero-order valence-electron chi connectivity index (χ0n) is 17.2. The number of amides is 1. The van der Waals surface area contributed by atoms with Gasteiger partial charge in [-0.1, -0.05) is 17.7 Å². The van der Waals surface area contributed by atoms with Gasteiger partial charge in [-0.2, -0.15) is 0 Å². The number of nitrogens with one attached hydrogen (secondary N) is 1. The van der Waals surface area contributed by atoms with E-state index in [0.717, 1.165) is 5.56 Å². The fourth-order valence-electron chi connectivity index (χ4n) is 3.05. The van der Waals surface area contributed by atoms with E-state index in [0.29, 0.717) is 52.1 Å². The van der Waals surface area contributed by atoms with Crippen LogP contribution in [0, 0.1) is 0 Å². The van der Waals surface area contributed by atoms with E-state index in [2.05, 4.69) is 20.3 Å². The molecule has 8 nitrogen and oxygen atoms in total. The summed E-state index contributed by atoms with van der Waals surface area (Å²) in [5.74, 6) is 0.767. The van der Waals surface area contributed by atoms with E-state index in [1.165, 1.54) is 0 Å². The molecular weight excluding hydrogens is 430 g/mol. The van der Waals surface area contributed by atoms with Crippen LogP contribution >= 0.6 is 11.6 Å². The Labute approximate surface area is 189 Å². The predicted molar refractivity (Wildman–Crippen MR) is 123 cm³/mol. The van der Waals surface area contributed by atoms with Crippen molar-refractivity contribution in [3.05, 3.63) is 77.3 Å². The molecule has 0 aliphatic carbocycles. The Bertz CT molecular complexity index is 1270. The van der Waals surface area contributed by atoms with Gasteiger partial charge in [0, 0.05) is 35.1 Å². The van der Waals surface area contributed by atoms with Crippen LogP contribution in [-0.2, 0) is 6.61 Å². The number of primary amides is 1. The molecule has 2 aromatic carbocycles. The highest BCUT2D eigenvalue weighted by molar-refractivity contribution is 6.32. The monoisotopic (exact) mass is 449 g/mol. The van der Waals surface area contributed by atoms with Crippen LogP contribution in [0.1, 0.15) is 23.1 Å². The fourth-order valence-corrected chi connectivity index (χ4v) is 3.28. The van der Waals surface area contributed by atoms with Crippen molar-refractivity contribution in [2.24, 2.45) is 5.73 Å². The lowest BCUT2D eigenvalue weighted by Gasteiger charge is -2.13. The Kier molecular flexibility index (Phi) is 6.32. The number of nitrogens with zero attached hydrogens (tertiary/aromatic N) is 3. The summed E-state index contributed by atoms with van der Waals surface area (Å²) in [5.41, 5.74) is 7.55. The van der Waals surface area contributed by atoms with Crippen LogP contribution in [0.2, 0.25) is 5.02 Å². The Morgan fingerprint density at radius 1 is 1.12 bits per heavy atom. The van der Waals surface area contributed by atoms with Gasteiger partial charge < -0.3 is 20.5 Å². The summed E-state index contributed by atoms with van der Waals surface area (Å²) in [5, 5.41) is 4.31.